The van der Waals surface area contributed by atoms with Gasteiger partial charge in [0.1, 0.15) is 11.5 Å². The zero-order valence-electron chi connectivity index (χ0n) is 48.3. The highest BCUT2D eigenvalue weighted by Crippen LogP contribution is 2.52. The van der Waals surface area contributed by atoms with Crippen LogP contribution < -0.4 is 26.0 Å². The maximum absolute atomic E-state index is 7.69. The van der Waals surface area contributed by atoms with Crippen molar-refractivity contribution in [2.45, 2.75) is 0 Å². The molecule has 0 radical (unpaired) electrons. The lowest BCUT2D eigenvalue weighted by Gasteiger charge is -2.42. The molecule has 19 rings (SSSR count). The van der Waals surface area contributed by atoms with Crippen molar-refractivity contribution < 1.29 is 4.74 Å². The molecule has 2 aromatic heterocycles. The van der Waals surface area contributed by atoms with E-state index in [1.165, 1.54) is 76.0 Å². The van der Waals surface area contributed by atoms with E-state index in [1.807, 2.05) is 0 Å². The van der Waals surface area contributed by atoms with Crippen molar-refractivity contribution in [3.8, 4) is 67.4 Å². The van der Waals surface area contributed by atoms with Crippen LogP contribution in [0, 0.1) is 0 Å². The molecule has 4 heterocycles. The lowest BCUT2D eigenvalue weighted by molar-refractivity contribution is 0.487. The van der Waals surface area contributed by atoms with Crippen molar-refractivity contribution >= 4 is 116 Å². The third-order valence-corrected chi connectivity index (χ3v) is 19.1. The van der Waals surface area contributed by atoms with E-state index in [0.29, 0.717) is 0 Å². The fourth-order valence-electron chi connectivity index (χ4n) is 15.4. The number of anilines is 3. The second kappa shape index (κ2) is 19.4. The predicted octanol–water partition coefficient (Wildman–Crippen LogP) is 20.4. The first-order valence-corrected chi connectivity index (χ1v) is 30.8. The predicted molar refractivity (Wildman–Crippen MR) is 375 cm³/mol. The van der Waals surface area contributed by atoms with Gasteiger partial charge in [-0.15, -0.1) is 0 Å². The van der Waals surface area contributed by atoms with Gasteiger partial charge >= 0.3 is 0 Å². The normalized spacial score (nSPS) is 12.5. The van der Waals surface area contributed by atoms with E-state index in [4.69, 9.17) is 4.74 Å². The molecule has 0 unspecified atom stereocenters. The molecule has 2 aliphatic rings. The quantitative estimate of drug-likeness (QED) is 0.117. The Balaban J connectivity index is 0.935. The van der Waals surface area contributed by atoms with Gasteiger partial charge < -0.3 is 18.8 Å². The number of aromatic nitrogens is 2. The third kappa shape index (κ3) is 7.43. The number of hydrogen-bond donors (Lipinski definition) is 0. The number of nitrogens with zero attached hydrogens (tertiary/aromatic N) is 3. The Kier molecular flexibility index (Phi) is 10.8. The molecule has 0 atom stereocenters. The first-order valence-electron chi connectivity index (χ1n) is 30.8. The summed E-state index contributed by atoms with van der Waals surface area (Å²) in [6.45, 7) is -0.212. The van der Waals surface area contributed by atoms with E-state index in [1.54, 1.807) is 0 Å². The molecule has 0 bridgehead atoms. The van der Waals surface area contributed by atoms with Crippen molar-refractivity contribution in [1.82, 2.24) is 9.13 Å². The van der Waals surface area contributed by atoms with Gasteiger partial charge in [-0.3, -0.25) is 0 Å². The molecule has 0 saturated carbocycles. The summed E-state index contributed by atoms with van der Waals surface area (Å²) in [6, 6.07) is 117. The number of rotatable bonds is 7. The molecule has 0 amide bonds. The summed E-state index contributed by atoms with van der Waals surface area (Å²) in [7, 11) is 0. The zero-order chi connectivity index (χ0) is 58.3. The highest BCUT2D eigenvalue weighted by Gasteiger charge is 2.44. The summed E-state index contributed by atoms with van der Waals surface area (Å²) in [5, 5.41) is 12.2. The van der Waals surface area contributed by atoms with Crippen LogP contribution in [-0.2, 0) is 0 Å². The summed E-state index contributed by atoms with van der Waals surface area (Å²) >= 11 is 0. The minimum absolute atomic E-state index is 0.212. The summed E-state index contributed by atoms with van der Waals surface area (Å²) < 4.78 is 12.5. The minimum atomic E-state index is -0.212. The van der Waals surface area contributed by atoms with Gasteiger partial charge in [0.25, 0.3) is 6.71 Å². The Morgan fingerprint density at radius 2 is 0.708 bits per heavy atom. The van der Waals surface area contributed by atoms with Crippen LogP contribution in [0.2, 0.25) is 0 Å². The lowest BCUT2D eigenvalue weighted by Crippen LogP contribution is -2.59. The molecule has 0 aliphatic carbocycles. The van der Waals surface area contributed by atoms with Gasteiger partial charge in [0.2, 0.25) is 0 Å². The number of ether oxygens (including phenoxy) is 1. The van der Waals surface area contributed by atoms with Crippen LogP contribution >= 0.6 is 0 Å². The van der Waals surface area contributed by atoms with Crippen molar-refractivity contribution in [3.05, 3.63) is 315 Å². The maximum Gasteiger partial charge on any atom is 0.256 e. The SMILES string of the molecule is c1ccc(-c2cccc(-c3ccccc3)c2N2c3cc(-c4c5ccccc5c(-c5ccc6ccccc6c5)c5ccccc45)ccc3B3c4ccc(-n5c6ccccc6c6ccccc65)cc4Oc4cc(-n5c6ccccc6c6ccccc65)cc2c43)cc1. The summed E-state index contributed by atoms with van der Waals surface area (Å²) in [5.74, 6) is 1.67. The van der Waals surface area contributed by atoms with Gasteiger partial charge in [0, 0.05) is 61.9 Å². The molecule has 0 saturated heterocycles. The van der Waals surface area contributed by atoms with Crippen molar-refractivity contribution in [2.24, 2.45) is 0 Å². The average molecular weight is 1130 g/mol. The van der Waals surface area contributed by atoms with Gasteiger partial charge in [-0.05, 0) is 131 Å². The van der Waals surface area contributed by atoms with Gasteiger partial charge in [-0.1, -0.05) is 255 Å². The molecular weight excluding hydrogens is 1080 g/mol. The molecule has 5 heteroatoms. The zero-order valence-corrected chi connectivity index (χ0v) is 48.3. The van der Waals surface area contributed by atoms with Crippen molar-refractivity contribution in [2.75, 3.05) is 4.90 Å². The van der Waals surface area contributed by atoms with Crippen LogP contribution in [0.3, 0.4) is 0 Å². The van der Waals surface area contributed by atoms with E-state index in [9.17, 15) is 0 Å². The number of fused-ring (bicyclic) bond motifs is 13. The van der Waals surface area contributed by atoms with Crippen LogP contribution in [-0.4, -0.2) is 15.8 Å². The third-order valence-electron chi connectivity index (χ3n) is 19.1. The topological polar surface area (TPSA) is 22.3 Å². The summed E-state index contributed by atoms with van der Waals surface area (Å²) in [4.78, 5) is 2.62. The molecule has 412 valence electrons. The lowest BCUT2D eigenvalue weighted by atomic mass is 9.34. The van der Waals surface area contributed by atoms with Crippen molar-refractivity contribution in [1.29, 1.82) is 0 Å². The molecule has 2 aliphatic heterocycles. The fourth-order valence-corrected chi connectivity index (χ4v) is 15.4. The molecule has 4 nitrogen and oxygen atoms in total. The Labute approximate surface area is 514 Å². The van der Waals surface area contributed by atoms with Crippen LogP contribution in [0.25, 0.3) is 132 Å². The molecule has 17 aromatic rings. The number of hydrogen-bond acceptors (Lipinski definition) is 2. The molecule has 15 aromatic carbocycles. The molecule has 0 N–H and O–H groups in total. The fraction of sp³-hybridized carbons (Fsp3) is 0. The Bertz CT molecular complexity index is 5580. The van der Waals surface area contributed by atoms with Gasteiger partial charge in [0.15, 0.2) is 0 Å². The number of benzene rings is 15. The highest BCUT2D eigenvalue weighted by molar-refractivity contribution is 6.99. The maximum atomic E-state index is 7.69. The molecule has 0 fully saturated rings. The smallest absolute Gasteiger partial charge is 0.256 e. The Morgan fingerprint density at radius 3 is 1.26 bits per heavy atom. The van der Waals surface area contributed by atoms with E-state index < -0.39 is 0 Å². The molecule has 89 heavy (non-hydrogen) atoms. The minimum Gasteiger partial charge on any atom is -0.458 e. The molecule has 0 spiro atoms. The average Bonchev–Trinajstić information content (AvgIpc) is 0.822. The molecular formula is C84H52BN3O. The van der Waals surface area contributed by atoms with E-state index in [-0.39, 0.29) is 6.71 Å². The largest absolute Gasteiger partial charge is 0.458 e. The second-order valence-electron chi connectivity index (χ2n) is 23.8. The number of para-hydroxylation sites is 5. The van der Waals surface area contributed by atoms with Crippen molar-refractivity contribution in [3.63, 3.8) is 0 Å². The first-order chi connectivity index (χ1) is 44.2. The van der Waals surface area contributed by atoms with E-state index in [0.717, 1.165) is 101 Å². The van der Waals surface area contributed by atoms with Gasteiger partial charge in [-0.25, -0.2) is 0 Å². The Hall–Kier alpha value is -11.7. The van der Waals surface area contributed by atoms with E-state index in [2.05, 4.69) is 329 Å². The van der Waals surface area contributed by atoms with Crippen LogP contribution in [0.1, 0.15) is 0 Å². The van der Waals surface area contributed by atoms with E-state index >= 15 is 0 Å². The highest BCUT2D eigenvalue weighted by atomic mass is 16.5. The Morgan fingerprint density at radius 1 is 0.270 bits per heavy atom. The van der Waals surface area contributed by atoms with Gasteiger partial charge in [-0.2, -0.15) is 0 Å². The standard InChI is InChI=1S/C84H52BN3O/c1-3-23-54(24-4-1)61-36-21-37-62(55-25-5-2-6-26-55)84(61)88-77-49-58(82-69-34-11-9-32-67(69)81(68-33-10-12-35-70(68)82)57-43-42-53-22-7-8-27-56(53)48-57)44-46-71(77)85-72-47-45-59(86-73-38-17-13-28-63(73)64-29-14-18-39-74(64)86)51-79(72)89-80-52-60(50-78(88)83(80)85)87-75-40-19-15-30-65(75)66-31-16-20-41-76(66)87/h1-52H. The van der Waals surface area contributed by atoms with Crippen LogP contribution in [0.15, 0.2) is 315 Å². The summed E-state index contributed by atoms with van der Waals surface area (Å²) in [6.07, 6.45) is 0. The first kappa shape index (κ1) is 49.6. The second-order valence-corrected chi connectivity index (χ2v) is 23.8. The summed E-state index contributed by atoms with van der Waals surface area (Å²) in [5.41, 5.74) is 22.7. The monoisotopic (exact) mass is 1130 g/mol. The van der Waals surface area contributed by atoms with Crippen LogP contribution in [0.4, 0.5) is 17.1 Å². The van der Waals surface area contributed by atoms with Crippen LogP contribution in [0.5, 0.6) is 11.5 Å². The van der Waals surface area contributed by atoms with Gasteiger partial charge in [0.05, 0.1) is 33.4 Å².